The first-order valence-corrected chi connectivity index (χ1v) is 7.50. The van der Waals surface area contributed by atoms with Gasteiger partial charge < -0.3 is 5.11 Å². The number of aromatic nitrogens is 2. The Bertz CT molecular complexity index is 763. The molecule has 0 bridgehead atoms. The molecular formula is C14H10N2O2S2. The van der Waals surface area contributed by atoms with Gasteiger partial charge in [-0.3, -0.25) is 4.98 Å². The number of hydrogen-bond acceptors (Lipinski definition) is 5. The summed E-state index contributed by atoms with van der Waals surface area (Å²) in [5.74, 6) is -0.919. The molecule has 0 atom stereocenters. The molecule has 0 aliphatic rings. The van der Waals surface area contributed by atoms with Crippen molar-refractivity contribution in [2.24, 2.45) is 0 Å². The first-order chi connectivity index (χ1) is 9.65. The highest BCUT2D eigenvalue weighted by atomic mass is 32.1. The van der Waals surface area contributed by atoms with E-state index >= 15 is 0 Å². The lowest BCUT2D eigenvalue weighted by Gasteiger charge is -1.94. The van der Waals surface area contributed by atoms with Crippen LogP contribution >= 0.6 is 22.7 Å². The third-order valence-electron chi connectivity index (χ3n) is 2.77. The van der Waals surface area contributed by atoms with Crippen molar-refractivity contribution in [3.63, 3.8) is 0 Å². The van der Waals surface area contributed by atoms with Crippen molar-refractivity contribution in [1.82, 2.24) is 9.97 Å². The van der Waals surface area contributed by atoms with Gasteiger partial charge in [-0.1, -0.05) is 0 Å². The van der Waals surface area contributed by atoms with Gasteiger partial charge in [-0.05, 0) is 36.8 Å². The number of aromatic carboxylic acids is 1. The second kappa shape index (κ2) is 5.15. The Kier molecular flexibility index (Phi) is 3.33. The van der Waals surface area contributed by atoms with Crippen LogP contribution in [0.15, 0.2) is 36.7 Å². The van der Waals surface area contributed by atoms with Gasteiger partial charge >= 0.3 is 5.97 Å². The summed E-state index contributed by atoms with van der Waals surface area (Å²) in [6.07, 6.45) is 3.51. The van der Waals surface area contributed by atoms with Gasteiger partial charge in [0.2, 0.25) is 0 Å². The summed E-state index contributed by atoms with van der Waals surface area (Å²) in [6.45, 7) is 1.72. The van der Waals surface area contributed by atoms with Crippen molar-refractivity contribution in [3.05, 3.63) is 47.2 Å². The average Bonchev–Trinajstić information content (AvgIpc) is 3.06. The number of carbonyl (C=O) groups is 1. The van der Waals surface area contributed by atoms with E-state index in [9.17, 15) is 4.79 Å². The van der Waals surface area contributed by atoms with Crippen molar-refractivity contribution in [2.75, 3.05) is 0 Å². The number of rotatable bonds is 3. The maximum atomic E-state index is 11.1. The molecule has 0 fully saturated rings. The van der Waals surface area contributed by atoms with Gasteiger partial charge in [-0.2, -0.15) is 0 Å². The molecule has 0 saturated carbocycles. The number of nitrogens with zero attached hydrogens (tertiary/aromatic N) is 2. The number of thiophene rings is 1. The van der Waals surface area contributed by atoms with Crippen LogP contribution < -0.4 is 0 Å². The first kappa shape index (κ1) is 13.0. The van der Waals surface area contributed by atoms with Gasteiger partial charge in [0, 0.05) is 17.3 Å². The van der Waals surface area contributed by atoms with E-state index < -0.39 is 5.97 Å². The van der Waals surface area contributed by atoms with E-state index in [-0.39, 0.29) is 0 Å². The van der Waals surface area contributed by atoms with Crippen LogP contribution in [0.25, 0.3) is 20.3 Å². The Morgan fingerprint density at radius 2 is 1.80 bits per heavy atom. The monoisotopic (exact) mass is 302 g/mol. The average molecular weight is 302 g/mol. The maximum Gasteiger partial charge on any atom is 0.347 e. The number of pyridine rings is 1. The fourth-order valence-corrected chi connectivity index (χ4v) is 3.80. The molecule has 6 heteroatoms. The lowest BCUT2D eigenvalue weighted by Crippen LogP contribution is -1.94. The summed E-state index contributed by atoms with van der Waals surface area (Å²) in [6, 6.07) is 7.90. The highest BCUT2D eigenvalue weighted by molar-refractivity contribution is 7.24. The molecule has 0 aliphatic heterocycles. The zero-order valence-corrected chi connectivity index (χ0v) is 12.2. The predicted octanol–water partition coefficient (Wildman–Crippen LogP) is 3.94. The number of aryl methyl sites for hydroxylation is 1. The molecule has 0 aromatic carbocycles. The van der Waals surface area contributed by atoms with Gasteiger partial charge in [0.15, 0.2) is 0 Å². The Labute approximate surface area is 123 Å². The third-order valence-corrected chi connectivity index (χ3v) is 5.22. The van der Waals surface area contributed by atoms with E-state index in [1.807, 2.05) is 24.3 Å². The summed E-state index contributed by atoms with van der Waals surface area (Å²) in [7, 11) is 0. The molecule has 3 aromatic heterocycles. The zero-order valence-electron chi connectivity index (χ0n) is 10.5. The van der Waals surface area contributed by atoms with Gasteiger partial charge in [0.1, 0.15) is 9.88 Å². The van der Waals surface area contributed by atoms with E-state index in [2.05, 4.69) is 9.97 Å². The molecule has 20 heavy (non-hydrogen) atoms. The minimum Gasteiger partial charge on any atom is -0.477 e. The smallest absolute Gasteiger partial charge is 0.347 e. The standard InChI is InChI=1S/C14H10N2O2S2/c1-8-12(14(17)18)20-13(16-8)11-3-2-10(19-11)9-4-6-15-7-5-9/h2-7H,1H3,(H,17,18). The molecule has 0 radical (unpaired) electrons. The van der Waals surface area contributed by atoms with Crippen LogP contribution in [-0.4, -0.2) is 21.0 Å². The van der Waals surface area contributed by atoms with Crippen molar-refractivity contribution >= 4 is 28.6 Å². The molecule has 0 aliphatic carbocycles. The zero-order chi connectivity index (χ0) is 14.1. The number of thiazole rings is 1. The molecule has 0 saturated heterocycles. The minimum absolute atomic E-state index is 0.305. The summed E-state index contributed by atoms with van der Waals surface area (Å²) in [4.78, 5) is 21.8. The van der Waals surface area contributed by atoms with Crippen LogP contribution in [0.4, 0.5) is 0 Å². The molecule has 3 aromatic rings. The largest absolute Gasteiger partial charge is 0.477 e. The molecule has 4 nitrogen and oxygen atoms in total. The number of carboxylic acid groups (broad SMARTS) is 1. The van der Waals surface area contributed by atoms with Crippen molar-refractivity contribution in [3.8, 4) is 20.3 Å². The Morgan fingerprint density at radius 3 is 2.45 bits per heavy atom. The third kappa shape index (κ3) is 2.35. The molecule has 1 N–H and O–H groups in total. The van der Waals surface area contributed by atoms with E-state index in [0.29, 0.717) is 10.6 Å². The summed E-state index contributed by atoms with van der Waals surface area (Å²) in [5.41, 5.74) is 1.67. The molecule has 3 heterocycles. The van der Waals surface area contributed by atoms with Crippen LogP contribution in [0.3, 0.4) is 0 Å². The van der Waals surface area contributed by atoms with Crippen LogP contribution in [-0.2, 0) is 0 Å². The molecular weight excluding hydrogens is 292 g/mol. The quantitative estimate of drug-likeness (QED) is 0.796. The summed E-state index contributed by atoms with van der Waals surface area (Å²) >= 11 is 2.82. The molecule has 0 unspecified atom stereocenters. The van der Waals surface area contributed by atoms with Crippen LogP contribution in [0, 0.1) is 6.92 Å². The Balaban J connectivity index is 1.98. The highest BCUT2D eigenvalue weighted by Gasteiger charge is 2.16. The second-order valence-electron chi connectivity index (χ2n) is 4.14. The molecule has 0 amide bonds. The summed E-state index contributed by atoms with van der Waals surface area (Å²) in [5, 5.41) is 9.83. The lowest BCUT2D eigenvalue weighted by atomic mass is 10.2. The normalized spacial score (nSPS) is 10.7. The molecule has 3 rings (SSSR count). The fraction of sp³-hybridized carbons (Fsp3) is 0.0714. The lowest BCUT2D eigenvalue weighted by molar-refractivity contribution is 0.0701. The fourth-order valence-electron chi connectivity index (χ4n) is 1.82. The number of hydrogen-bond donors (Lipinski definition) is 1. The maximum absolute atomic E-state index is 11.1. The van der Waals surface area contributed by atoms with Crippen molar-refractivity contribution < 1.29 is 9.90 Å². The molecule has 0 spiro atoms. The molecule has 100 valence electrons. The summed E-state index contributed by atoms with van der Waals surface area (Å²) < 4.78 is 0. The second-order valence-corrected chi connectivity index (χ2v) is 6.22. The van der Waals surface area contributed by atoms with Gasteiger partial charge in [-0.25, -0.2) is 9.78 Å². The van der Waals surface area contributed by atoms with Gasteiger partial charge in [-0.15, -0.1) is 22.7 Å². The van der Waals surface area contributed by atoms with Gasteiger partial charge in [0.25, 0.3) is 0 Å². The SMILES string of the molecule is Cc1nc(-c2ccc(-c3ccncc3)s2)sc1C(=O)O. The minimum atomic E-state index is -0.919. The highest BCUT2D eigenvalue weighted by Crippen LogP contribution is 2.36. The van der Waals surface area contributed by atoms with E-state index in [4.69, 9.17) is 5.11 Å². The van der Waals surface area contributed by atoms with Gasteiger partial charge in [0.05, 0.1) is 10.6 Å². The van der Waals surface area contributed by atoms with Crippen LogP contribution in [0.5, 0.6) is 0 Å². The van der Waals surface area contributed by atoms with E-state index in [1.165, 1.54) is 11.3 Å². The topological polar surface area (TPSA) is 63.1 Å². The Hall–Kier alpha value is -2.05. The van der Waals surface area contributed by atoms with Crippen LogP contribution in [0.1, 0.15) is 15.4 Å². The predicted molar refractivity (Wildman–Crippen MR) is 80.4 cm³/mol. The van der Waals surface area contributed by atoms with Crippen molar-refractivity contribution in [2.45, 2.75) is 6.92 Å². The van der Waals surface area contributed by atoms with E-state index in [0.717, 1.165) is 20.3 Å². The Morgan fingerprint density at radius 1 is 1.10 bits per heavy atom. The number of carboxylic acids is 1. The van der Waals surface area contributed by atoms with Crippen LogP contribution in [0.2, 0.25) is 0 Å². The van der Waals surface area contributed by atoms with E-state index in [1.54, 1.807) is 30.7 Å². The first-order valence-electron chi connectivity index (χ1n) is 5.86. The van der Waals surface area contributed by atoms with Crippen molar-refractivity contribution in [1.29, 1.82) is 0 Å².